The lowest BCUT2D eigenvalue weighted by molar-refractivity contribution is -0.121. The average molecular weight is 284 g/mol. The molecule has 110 valence electrons. The van der Waals surface area contributed by atoms with Crippen LogP contribution in [0.2, 0.25) is 0 Å². The highest BCUT2D eigenvalue weighted by molar-refractivity contribution is 5.81. The zero-order valence-corrected chi connectivity index (χ0v) is 12.5. The molecule has 1 fully saturated rings. The molecule has 4 heteroatoms. The number of carbonyl (C=O) groups excluding carboxylic acids is 1. The molecule has 0 radical (unpaired) electrons. The lowest BCUT2D eigenvalue weighted by Crippen LogP contribution is -2.26. The van der Waals surface area contributed by atoms with Crippen molar-refractivity contribution in [3.05, 3.63) is 45.2 Å². The number of hydrogen-bond acceptors (Lipinski definition) is 2. The Morgan fingerprint density at radius 3 is 2.67 bits per heavy atom. The van der Waals surface area contributed by atoms with Crippen LogP contribution in [-0.2, 0) is 11.2 Å². The van der Waals surface area contributed by atoms with Crippen molar-refractivity contribution in [3.63, 3.8) is 0 Å². The summed E-state index contributed by atoms with van der Waals surface area (Å²) in [6.45, 7) is 4.09. The molecule has 0 unspecified atom stereocenters. The summed E-state index contributed by atoms with van der Waals surface area (Å²) >= 11 is 0. The summed E-state index contributed by atoms with van der Waals surface area (Å²) in [6, 6.07) is 6.35. The fraction of sp³-hybridized carbons (Fsp3) is 0.412. The van der Waals surface area contributed by atoms with Crippen molar-refractivity contribution in [2.45, 2.75) is 45.6 Å². The molecule has 1 aliphatic carbocycles. The zero-order chi connectivity index (χ0) is 15.0. The predicted octanol–water partition coefficient (Wildman–Crippen LogP) is 2.36. The van der Waals surface area contributed by atoms with Crippen LogP contribution in [0, 0.1) is 13.8 Å². The maximum Gasteiger partial charge on any atom is 0.251 e. The van der Waals surface area contributed by atoms with Crippen molar-refractivity contribution in [3.8, 4) is 0 Å². The zero-order valence-electron chi connectivity index (χ0n) is 12.5. The van der Waals surface area contributed by atoms with Crippen LogP contribution < -0.4 is 10.9 Å². The van der Waals surface area contributed by atoms with Gasteiger partial charge in [-0.05, 0) is 67.8 Å². The van der Waals surface area contributed by atoms with Crippen LogP contribution in [-0.4, -0.2) is 16.9 Å². The third-order valence-electron chi connectivity index (χ3n) is 4.10. The molecule has 0 bridgehead atoms. The maximum atomic E-state index is 12.1. The number of pyridine rings is 1. The summed E-state index contributed by atoms with van der Waals surface area (Å²) in [5, 5.41) is 3.97. The second-order valence-corrected chi connectivity index (χ2v) is 5.99. The van der Waals surface area contributed by atoms with Gasteiger partial charge in [0, 0.05) is 23.5 Å². The fourth-order valence-electron chi connectivity index (χ4n) is 2.48. The lowest BCUT2D eigenvalue weighted by atomic mass is 10.0. The number of aromatic nitrogens is 1. The van der Waals surface area contributed by atoms with Gasteiger partial charge in [-0.1, -0.05) is 0 Å². The van der Waals surface area contributed by atoms with Crippen LogP contribution in [0.1, 0.15) is 36.0 Å². The largest absolute Gasteiger partial charge is 0.353 e. The SMILES string of the molecule is Cc1cc2cc(CCC(=O)NC3CC3)c(=O)[nH]c2cc1C. The number of fused-ring (bicyclic) bond motifs is 1. The second-order valence-electron chi connectivity index (χ2n) is 5.99. The molecule has 0 saturated heterocycles. The molecule has 1 saturated carbocycles. The van der Waals surface area contributed by atoms with E-state index in [1.807, 2.05) is 19.1 Å². The van der Waals surface area contributed by atoms with Crippen LogP contribution in [0.3, 0.4) is 0 Å². The van der Waals surface area contributed by atoms with E-state index in [1.165, 1.54) is 5.56 Å². The highest BCUT2D eigenvalue weighted by Crippen LogP contribution is 2.19. The van der Waals surface area contributed by atoms with E-state index in [1.54, 1.807) is 0 Å². The standard InChI is InChI=1S/C17H20N2O2/c1-10-7-13-9-12(3-6-16(20)18-14-4-5-14)17(21)19-15(13)8-11(10)2/h7-9,14H,3-6H2,1-2H3,(H,18,20)(H,19,21). The lowest BCUT2D eigenvalue weighted by Gasteiger charge is -2.07. The van der Waals surface area contributed by atoms with Gasteiger partial charge in [0.1, 0.15) is 0 Å². The van der Waals surface area contributed by atoms with Crippen molar-refractivity contribution in [2.24, 2.45) is 0 Å². The highest BCUT2D eigenvalue weighted by Gasteiger charge is 2.22. The van der Waals surface area contributed by atoms with Crippen LogP contribution in [0.25, 0.3) is 10.9 Å². The van der Waals surface area contributed by atoms with Gasteiger partial charge in [0.15, 0.2) is 0 Å². The van der Waals surface area contributed by atoms with Crippen LogP contribution >= 0.6 is 0 Å². The second kappa shape index (κ2) is 5.35. The minimum absolute atomic E-state index is 0.0390. The van der Waals surface area contributed by atoms with E-state index in [4.69, 9.17) is 0 Å². The smallest absolute Gasteiger partial charge is 0.251 e. The monoisotopic (exact) mass is 284 g/mol. The Morgan fingerprint density at radius 1 is 1.24 bits per heavy atom. The summed E-state index contributed by atoms with van der Waals surface area (Å²) < 4.78 is 0. The Bertz CT molecular complexity index is 757. The minimum atomic E-state index is -0.0926. The fourth-order valence-corrected chi connectivity index (χ4v) is 2.48. The first-order chi connectivity index (χ1) is 10.0. The molecule has 0 aliphatic heterocycles. The Hall–Kier alpha value is -2.10. The molecule has 21 heavy (non-hydrogen) atoms. The third-order valence-corrected chi connectivity index (χ3v) is 4.10. The molecule has 1 aromatic heterocycles. The Balaban J connectivity index is 1.81. The van der Waals surface area contributed by atoms with Gasteiger partial charge in [0.25, 0.3) is 5.56 Å². The van der Waals surface area contributed by atoms with Crippen molar-refractivity contribution in [2.75, 3.05) is 0 Å². The number of aryl methyl sites for hydroxylation is 3. The molecule has 3 rings (SSSR count). The molecular formula is C17H20N2O2. The van der Waals surface area contributed by atoms with Crippen molar-refractivity contribution >= 4 is 16.8 Å². The number of benzene rings is 1. The van der Waals surface area contributed by atoms with E-state index in [0.717, 1.165) is 29.3 Å². The van der Waals surface area contributed by atoms with Crippen LogP contribution in [0.5, 0.6) is 0 Å². The molecule has 2 aromatic rings. The molecule has 0 spiro atoms. The molecule has 1 aromatic carbocycles. The van der Waals surface area contributed by atoms with Crippen molar-refractivity contribution in [1.82, 2.24) is 10.3 Å². The molecule has 1 amide bonds. The molecule has 2 N–H and O–H groups in total. The first kappa shape index (κ1) is 13.9. The van der Waals surface area contributed by atoms with Gasteiger partial charge >= 0.3 is 0 Å². The van der Waals surface area contributed by atoms with Gasteiger partial charge in [-0.3, -0.25) is 9.59 Å². The van der Waals surface area contributed by atoms with Gasteiger partial charge in [0.2, 0.25) is 5.91 Å². The third kappa shape index (κ3) is 3.15. The quantitative estimate of drug-likeness (QED) is 0.905. The van der Waals surface area contributed by atoms with E-state index in [2.05, 4.69) is 23.3 Å². The Labute approximate surface area is 123 Å². The molecule has 1 heterocycles. The predicted molar refractivity (Wildman–Crippen MR) is 83.5 cm³/mol. The number of hydrogen-bond donors (Lipinski definition) is 2. The van der Waals surface area contributed by atoms with Gasteiger partial charge in [0.05, 0.1) is 0 Å². The Morgan fingerprint density at radius 2 is 1.95 bits per heavy atom. The number of carbonyl (C=O) groups is 1. The summed E-state index contributed by atoms with van der Waals surface area (Å²) in [7, 11) is 0. The van der Waals surface area contributed by atoms with Crippen LogP contribution in [0.15, 0.2) is 23.0 Å². The van der Waals surface area contributed by atoms with Gasteiger partial charge < -0.3 is 10.3 Å². The van der Waals surface area contributed by atoms with E-state index in [0.29, 0.717) is 24.4 Å². The molecular weight excluding hydrogens is 264 g/mol. The van der Waals surface area contributed by atoms with Crippen molar-refractivity contribution in [1.29, 1.82) is 0 Å². The number of aromatic amines is 1. The summed E-state index contributed by atoms with van der Waals surface area (Å²) in [6.07, 6.45) is 3.02. The van der Waals surface area contributed by atoms with Gasteiger partial charge in [-0.2, -0.15) is 0 Å². The van der Waals surface area contributed by atoms with E-state index < -0.39 is 0 Å². The highest BCUT2D eigenvalue weighted by atomic mass is 16.1. The van der Waals surface area contributed by atoms with E-state index >= 15 is 0 Å². The topological polar surface area (TPSA) is 62.0 Å². The molecule has 1 aliphatic rings. The molecule has 0 atom stereocenters. The number of rotatable bonds is 4. The summed E-state index contributed by atoms with van der Waals surface area (Å²) in [4.78, 5) is 26.7. The van der Waals surface area contributed by atoms with Gasteiger partial charge in [-0.25, -0.2) is 0 Å². The normalized spacial score (nSPS) is 14.4. The number of amides is 1. The first-order valence-electron chi connectivity index (χ1n) is 7.45. The summed E-state index contributed by atoms with van der Waals surface area (Å²) in [5.74, 6) is 0.0390. The maximum absolute atomic E-state index is 12.1. The Kier molecular flexibility index (Phi) is 3.53. The molecule has 4 nitrogen and oxygen atoms in total. The van der Waals surface area contributed by atoms with Crippen molar-refractivity contribution < 1.29 is 4.79 Å². The van der Waals surface area contributed by atoms with E-state index in [-0.39, 0.29) is 11.5 Å². The minimum Gasteiger partial charge on any atom is -0.353 e. The first-order valence-corrected chi connectivity index (χ1v) is 7.45. The van der Waals surface area contributed by atoms with Gasteiger partial charge in [-0.15, -0.1) is 0 Å². The number of nitrogens with one attached hydrogen (secondary N) is 2. The average Bonchev–Trinajstić information content (AvgIpc) is 3.22. The van der Waals surface area contributed by atoms with E-state index in [9.17, 15) is 9.59 Å². The van der Waals surface area contributed by atoms with Crippen LogP contribution in [0.4, 0.5) is 0 Å². The summed E-state index contributed by atoms with van der Waals surface area (Å²) in [5.41, 5.74) is 3.80. The number of H-pyrrole nitrogens is 1.